The average Bonchev–Trinajstić information content (AvgIpc) is 2.79. The quantitative estimate of drug-likeness (QED) is 0.407. The molecule has 0 aliphatic carbocycles. The van der Waals surface area contributed by atoms with Gasteiger partial charge in [-0.25, -0.2) is 0 Å². The average molecular weight is 393 g/mol. The summed E-state index contributed by atoms with van der Waals surface area (Å²) < 4.78 is 0. The van der Waals surface area contributed by atoms with Gasteiger partial charge in [-0.15, -0.1) is 0 Å². The molecule has 0 heterocycles. The van der Waals surface area contributed by atoms with Gasteiger partial charge in [0.1, 0.15) is 0 Å². The molecule has 0 heteroatoms. The number of benzene rings is 3. The van der Waals surface area contributed by atoms with E-state index in [0.717, 1.165) is 0 Å². The van der Waals surface area contributed by atoms with Crippen molar-refractivity contribution in [1.82, 2.24) is 0 Å². The molecule has 29 heavy (non-hydrogen) atoms. The van der Waals surface area contributed by atoms with Gasteiger partial charge in [-0.1, -0.05) is 134 Å². The highest BCUT2D eigenvalue weighted by Gasteiger charge is 2.03. The summed E-state index contributed by atoms with van der Waals surface area (Å²) >= 11 is 0. The van der Waals surface area contributed by atoms with Gasteiger partial charge in [0.25, 0.3) is 0 Å². The molecule has 0 unspecified atom stereocenters. The topological polar surface area (TPSA) is 0 Å². The van der Waals surface area contributed by atoms with E-state index in [1.54, 1.807) is 0 Å². The van der Waals surface area contributed by atoms with Crippen molar-refractivity contribution < 1.29 is 0 Å². The molecule has 0 bridgehead atoms. The second kappa shape index (κ2) is 19.0. The smallest absolute Gasteiger partial charge is 0.0175 e. The maximum atomic E-state index is 2.27. The standard InChI is InChI=1S/C20H18.C3H8.3C2H6/c1-15-8-10-18(11-9-15)20-13-16(2)12-19(14-20)17-6-4-3-5-7-17;1-3-2;3*1-2/h3-14H,1-2H3;3H2,1-2H3;3*1-2H3. The Kier molecular flexibility index (Phi) is 18.9. The molecular formula is C29H44. The molecule has 0 nitrogen and oxygen atoms in total. The molecule has 0 radical (unpaired) electrons. The van der Waals surface area contributed by atoms with Crippen LogP contribution in [0.1, 0.15) is 72.9 Å². The minimum Gasteiger partial charge on any atom is -0.0683 e. The van der Waals surface area contributed by atoms with Crippen LogP contribution in [-0.4, -0.2) is 0 Å². The van der Waals surface area contributed by atoms with Gasteiger partial charge in [-0.2, -0.15) is 0 Å². The largest absolute Gasteiger partial charge is 0.0683 e. The Morgan fingerprint density at radius 3 is 1.24 bits per heavy atom. The minimum atomic E-state index is 1.25. The van der Waals surface area contributed by atoms with Gasteiger partial charge in [-0.3, -0.25) is 0 Å². The second-order valence-electron chi connectivity index (χ2n) is 6.03. The SMILES string of the molecule is CC.CC.CC.CCC.Cc1ccc(-c2cc(C)cc(-c3ccccc3)c2)cc1. The summed E-state index contributed by atoms with van der Waals surface area (Å²) in [5.74, 6) is 0. The molecule has 0 aliphatic rings. The van der Waals surface area contributed by atoms with Crippen LogP contribution in [0.3, 0.4) is 0 Å². The van der Waals surface area contributed by atoms with E-state index in [4.69, 9.17) is 0 Å². The van der Waals surface area contributed by atoms with Gasteiger partial charge in [0.05, 0.1) is 0 Å². The van der Waals surface area contributed by atoms with E-state index in [2.05, 4.69) is 100 Å². The van der Waals surface area contributed by atoms with E-state index in [1.165, 1.54) is 39.8 Å². The van der Waals surface area contributed by atoms with Crippen LogP contribution in [0.25, 0.3) is 22.3 Å². The van der Waals surface area contributed by atoms with E-state index in [9.17, 15) is 0 Å². The zero-order valence-electron chi connectivity index (χ0n) is 20.6. The lowest BCUT2D eigenvalue weighted by Crippen LogP contribution is -1.84. The Balaban J connectivity index is 0. The van der Waals surface area contributed by atoms with Crippen molar-refractivity contribution in [3.63, 3.8) is 0 Å². The van der Waals surface area contributed by atoms with Crippen LogP contribution in [0, 0.1) is 13.8 Å². The van der Waals surface area contributed by atoms with Crippen molar-refractivity contribution >= 4 is 0 Å². The van der Waals surface area contributed by atoms with Gasteiger partial charge in [0, 0.05) is 0 Å². The molecule has 0 spiro atoms. The van der Waals surface area contributed by atoms with Gasteiger partial charge in [-0.05, 0) is 47.7 Å². The lowest BCUT2D eigenvalue weighted by atomic mass is 9.96. The fourth-order valence-electron chi connectivity index (χ4n) is 2.49. The third-order valence-corrected chi connectivity index (χ3v) is 3.57. The van der Waals surface area contributed by atoms with Gasteiger partial charge < -0.3 is 0 Å². The predicted molar refractivity (Wildman–Crippen MR) is 137 cm³/mol. The first-order valence-electron chi connectivity index (χ1n) is 11.4. The van der Waals surface area contributed by atoms with Crippen LogP contribution in [0.5, 0.6) is 0 Å². The van der Waals surface area contributed by atoms with Crippen LogP contribution < -0.4 is 0 Å². The molecule has 0 aromatic heterocycles. The van der Waals surface area contributed by atoms with Crippen LogP contribution in [-0.2, 0) is 0 Å². The molecule has 0 amide bonds. The predicted octanol–water partition coefficient (Wildman–Crippen LogP) is 10.1. The highest BCUT2D eigenvalue weighted by molar-refractivity contribution is 5.74. The summed E-state index contributed by atoms with van der Waals surface area (Å²) in [6, 6.07) is 26.0. The first-order chi connectivity index (χ1) is 14.1. The second-order valence-corrected chi connectivity index (χ2v) is 6.03. The van der Waals surface area contributed by atoms with Crippen LogP contribution in [0.4, 0.5) is 0 Å². The van der Waals surface area contributed by atoms with E-state index >= 15 is 0 Å². The Morgan fingerprint density at radius 2 is 0.828 bits per heavy atom. The lowest BCUT2D eigenvalue weighted by Gasteiger charge is -2.09. The number of hydrogen-bond donors (Lipinski definition) is 0. The zero-order valence-corrected chi connectivity index (χ0v) is 20.6. The van der Waals surface area contributed by atoms with Crippen LogP contribution in [0.2, 0.25) is 0 Å². The van der Waals surface area contributed by atoms with E-state index in [0.29, 0.717) is 0 Å². The van der Waals surface area contributed by atoms with Crippen molar-refractivity contribution in [3.05, 3.63) is 83.9 Å². The molecule has 3 aromatic carbocycles. The number of hydrogen-bond acceptors (Lipinski definition) is 0. The third kappa shape index (κ3) is 11.3. The Hall–Kier alpha value is -2.34. The Labute approximate surface area is 182 Å². The van der Waals surface area contributed by atoms with Crippen molar-refractivity contribution in [2.45, 2.75) is 75.7 Å². The van der Waals surface area contributed by atoms with Crippen molar-refractivity contribution in [1.29, 1.82) is 0 Å². The van der Waals surface area contributed by atoms with Crippen molar-refractivity contribution in [2.24, 2.45) is 0 Å². The van der Waals surface area contributed by atoms with Crippen molar-refractivity contribution in [3.8, 4) is 22.3 Å². The molecule has 0 saturated carbocycles. The molecule has 160 valence electrons. The maximum Gasteiger partial charge on any atom is -0.0175 e. The zero-order chi connectivity index (χ0) is 22.7. The molecule has 0 N–H and O–H groups in total. The summed E-state index contributed by atoms with van der Waals surface area (Å²) in [5.41, 5.74) is 7.69. The fraction of sp³-hybridized carbons (Fsp3) is 0.379. The molecule has 0 atom stereocenters. The first-order valence-corrected chi connectivity index (χ1v) is 11.4. The minimum absolute atomic E-state index is 1.25. The van der Waals surface area contributed by atoms with Crippen molar-refractivity contribution in [2.75, 3.05) is 0 Å². The number of aryl methyl sites for hydroxylation is 2. The monoisotopic (exact) mass is 392 g/mol. The van der Waals surface area contributed by atoms with E-state index < -0.39 is 0 Å². The fourth-order valence-corrected chi connectivity index (χ4v) is 2.49. The summed E-state index contributed by atoms with van der Waals surface area (Å²) in [6.07, 6.45) is 1.25. The molecule has 0 fully saturated rings. The highest BCUT2D eigenvalue weighted by Crippen LogP contribution is 2.28. The molecular weight excluding hydrogens is 348 g/mol. The normalized spacial score (nSPS) is 8.48. The van der Waals surface area contributed by atoms with Gasteiger partial charge in [0.2, 0.25) is 0 Å². The van der Waals surface area contributed by atoms with Gasteiger partial charge >= 0.3 is 0 Å². The van der Waals surface area contributed by atoms with E-state index in [1.807, 2.05) is 41.5 Å². The molecule has 0 aliphatic heterocycles. The Morgan fingerprint density at radius 1 is 0.448 bits per heavy atom. The summed E-state index contributed by atoms with van der Waals surface area (Å²) in [4.78, 5) is 0. The van der Waals surface area contributed by atoms with E-state index in [-0.39, 0.29) is 0 Å². The van der Waals surface area contributed by atoms with Crippen LogP contribution >= 0.6 is 0 Å². The third-order valence-electron chi connectivity index (χ3n) is 3.57. The lowest BCUT2D eigenvalue weighted by molar-refractivity contribution is 1.09. The maximum absolute atomic E-state index is 2.27. The summed E-state index contributed by atoms with van der Waals surface area (Å²) in [7, 11) is 0. The highest BCUT2D eigenvalue weighted by atomic mass is 14.1. The molecule has 3 aromatic rings. The molecule has 0 saturated heterocycles. The molecule has 3 rings (SSSR count). The van der Waals surface area contributed by atoms with Gasteiger partial charge in [0.15, 0.2) is 0 Å². The Bertz CT molecular complexity index is 722. The summed E-state index contributed by atoms with van der Waals surface area (Å²) in [5, 5.41) is 0. The van der Waals surface area contributed by atoms with Crippen LogP contribution in [0.15, 0.2) is 72.8 Å². The number of rotatable bonds is 2. The first kappa shape index (κ1) is 28.9. The summed E-state index contributed by atoms with van der Waals surface area (Å²) in [6.45, 7) is 20.5.